The molecule has 38 heavy (non-hydrogen) atoms. The summed E-state index contributed by atoms with van der Waals surface area (Å²) in [4.78, 5) is 26.5. The smallest absolute Gasteiger partial charge is 0.248 e. The van der Waals surface area contributed by atoms with Gasteiger partial charge in [-0.1, -0.05) is 60.7 Å². The summed E-state index contributed by atoms with van der Waals surface area (Å²) in [5.74, 6) is -0.000344. The first kappa shape index (κ1) is 27.1. The molecule has 1 amide bonds. The first-order valence-corrected chi connectivity index (χ1v) is 13.0. The molecule has 3 aromatic carbocycles. The topological polar surface area (TPSA) is 114 Å². The van der Waals surface area contributed by atoms with Crippen LogP contribution in [-0.2, 0) is 24.1 Å². The van der Waals surface area contributed by atoms with Gasteiger partial charge in [0.05, 0.1) is 18.0 Å². The third-order valence-electron chi connectivity index (χ3n) is 6.66. The van der Waals surface area contributed by atoms with Crippen LogP contribution < -0.4 is 16.2 Å². The van der Waals surface area contributed by atoms with Gasteiger partial charge in [-0.15, -0.1) is 0 Å². The molecule has 4 rings (SSSR count). The third-order valence-corrected chi connectivity index (χ3v) is 6.66. The van der Waals surface area contributed by atoms with Crippen LogP contribution in [0.15, 0.2) is 83.7 Å². The molecule has 1 heterocycles. The molecular formula is C31H35N3O4. The number of aryl methyl sites for hydroxylation is 1. The molecule has 198 valence electrons. The molecule has 0 saturated heterocycles. The Morgan fingerprint density at radius 2 is 1.66 bits per heavy atom. The highest BCUT2D eigenvalue weighted by molar-refractivity contribution is 5.87. The highest BCUT2D eigenvalue weighted by Crippen LogP contribution is 2.28. The minimum absolute atomic E-state index is 0.0284. The molecule has 4 aromatic rings. The summed E-state index contributed by atoms with van der Waals surface area (Å²) in [5, 5.41) is 27.8. The number of aromatic amines is 1. The number of nitrogens with one attached hydrogen (secondary N) is 3. The van der Waals surface area contributed by atoms with Gasteiger partial charge in [0.1, 0.15) is 5.75 Å². The van der Waals surface area contributed by atoms with Gasteiger partial charge >= 0.3 is 0 Å². The summed E-state index contributed by atoms with van der Waals surface area (Å²) in [7, 11) is 0. The lowest BCUT2D eigenvalue weighted by Crippen LogP contribution is -2.32. The molecule has 5 N–H and O–H groups in total. The second-order valence-corrected chi connectivity index (χ2v) is 9.75. The van der Waals surface area contributed by atoms with E-state index in [1.54, 1.807) is 12.1 Å². The number of carbonyl (C=O) groups is 1. The standard InChI is InChI=1S/C31H35N3O4/c1-21(33-20-28(36)25-13-15-27(35)31-26(25)14-16-29(37)34-31)18-23-9-11-24(12-10-23)19-30(38)32-17-5-8-22-6-3-2-4-7-22/h2-4,6-7,9-16,21,28,33,35-36H,5,8,17-20H2,1H3,(H,32,38)(H,34,37)/t21-,28-/m1/s1. The largest absolute Gasteiger partial charge is 0.506 e. The predicted molar refractivity (Wildman–Crippen MR) is 150 cm³/mol. The van der Waals surface area contributed by atoms with Crippen molar-refractivity contribution in [2.45, 2.75) is 44.8 Å². The summed E-state index contributed by atoms with van der Waals surface area (Å²) in [6.07, 6.45) is 2.18. The van der Waals surface area contributed by atoms with Gasteiger partial charge in [0.2, 0.25) is 11.5 Å². The van der Waals surface area contributed by atoms with Gasteiger partial charge in [-0.25, -0.2) is 0 Å². The second-order valence-electron chi connectivity index (χ2n) is 9.75. The number of hydrogen-bond donors (Lipinski definition) is 5. The third kappa shape index (κ3) is 7.54. The summed E-state index contributed by atoms with van der Waals surface area (Å²) < 4.78 is 0. The molecule has 0 aliphatic carbocycles. The van der Waals surface area contributed by atoms with Gasteiger partial charge in [0.25, 0.3) is 0 Å². The highest BCUT2D eigenvalue weighted by Gasteiger charge is 2.15. The number of aliphatic hydroxyl groups excluding tert-OH is 1. The molecule has 0 saturated carbocycles. The summed E-state index contributed by atoms with van der Waals surface area (Å²) in [5.41, 5.74) is 4.04. The van der Waals surface area contributed by atoms with E-state index in [2.05, 4.69) is 34.7 Å². The first-order chi connectivity index (χ1) is 18.4. The molecule has 0 bridgehead atoms. The van der Waals surface area contributed by atoms with E-state index >= 15 is 0 Å². The zero-order valence-electron chi connectivity index (χ0n) is 21.6. The van der Waals surface area contributed by atoms with Crippen LogP contribution >= 0.6 is 0 Å². The van der Waals surface area contributed by atoms with Crippen molar-refractivity contribution in [2.24, 2.45) is 0 Å². The van der Waals surface area contributed by atoms with E-state index in [4.69, 9.17) is 0 Å². The number of H-pyrrole nitrogens is 1. The van der Waals surface area contributed by atoms with Gasteiger partial charge < -0.3 is 25.8 Å². The van der Waals surface area contributed by atoms with Crippen LogP contribution in [0, 0.1) is 0 Å². The number of benzene rings is 3. The Balaban J connectivity index is 1.21. The molecule has 2 atom stereocenters. The van der Waals surface area contributed by atoms with Crippen LogP contribution in [-0.4, -0.2) is 40.2 Å². The number of aromatic nitrogens is 1. The zero-order valence-corrected chi connectivity index (χ0v) is 21.6. The van der Waals surface area contributed by atoms with E-state index in [-0.39, 0.29) is 23.3 Å². The number of amides is 1. The van der Waals surface area contributed by atoms with Crippen molar-refractivity contribution in [1.82, 2.24) is 15.6 Å². The number of phenols is 1. The number of fused-ring (bicyclic) bond motifs is 1. The Kier molecular flexibility index (Phi) is 9.30. The number of hydrogen-bond acceptors (Lipinski definition) is 5. The van der Waals surface area contributed by atoms with Crippen molar-refractivity contribution in [3.63, 3.8) is 0 Å². The lowest BCUT2D eigenvalue weighted by Gasteiger charge is -2.19. The van der Waals surface area contributed by atoms with Crippen LogP contribution in [0.5, 0.6) is 5.75 Å². The van der Waals surface area contributed by atoms with Crippen molar-refractivity contribution in [3.8, 4) is 5.75 Å². The summed E-state index contributed by atoms with van der Waals surface area (Å²) in [6.45, 7) is 3.04. The van der Waals surface area contributed by atoms with Crippen molar-refractivity contribution in [2.75, 3.05) is 13.1 Å². The predicted octanol–water partition coefficient (Wildman–Crippen LogP) is 3.78. The zero-order chi connectivity index (χ0) is 26.9. The van der Waals surface area contributed by atoms with Crippen molar-refractivity contribution < 1.29 is 15.0 Å². The molecule has 7 heteroatoms. The van der Waals surface area contributed by atoms with E-state index in [9.17, 15) is 19.8 Å². The fourth-order valence-corrected chi connectivity index (χ4v) is 4.60. The van der Waals surface area contributed by atoms with Crippen LogP contribution in [0.4, 0.5) is 0 Å². The lowest BCUT2D eigenvalue weighted by molar-refractivity contribution is -0.120. The highest BCUT2D eigenvalue weighted by atomic mass is 16.3. The quantitative estimate of drug-likeness (QED) is 0.185. The normalized spacial score (nSPS) is 12.8. The number of pyridine rings is 1. The molecule has 7 nitrogen and oxygen atoms in total. The van der Waals surface area contributed by atoms with E-state index < -0.39 is 6.10 Å². The Bertz CT molecular complexity index is 1400. The van der Waals surface area contributed by atoms with Gasteiger partial charge in [-0.3, -0.25) is 9.59 Å². The maximum atomic E-state index is 12.3. The fourth-order valence-electron chi connectivity index (χ4n) is 4.60. The van der Waals surface area contributed by atoms with E-state index in [1.807, 2.05) is 42.5 Å². The Morgan fingerprint density at radius 1 is 0.921 bits per heavy atom. The van der Waals surface area contributed by atoms with Gasteiger partial charge in [-0.2, -0.15) is 0 Å². The number of carbonyl (C=O) groups excluding carboxylic acids is 1. The second kappa shape index (κ2) is 13.0. The first-order valence-electron chi connectivity index (χ1n) is 13.0. The lowest BCUT2D eigenvalue weighted by atomic mass is 10.0. The molecule has 0 unspecified atom stereocenters. The number of aromatic hydroxyl groups is 1. The number of phenolic OH excluding ortho intramolecular Hbond substituents is 1. The van der Waals surface area contributed by atoms with E-state index in [0.29, 0.717) is 36.0 Å². The molecule has 0 aliphatic heterocycles. The Hall–Kier alpha value is -3.94. The minimum atomic E-state index is -0.806. The number of aliphatic hydroxyl groups is 1. The van der Waals surface area contributed by atoms with Crippen LogP contribution in [0.1, 0.15) is 41.7 Å². The number of rotatable bonds is 12. The van der Waals surface area contributed by atoms with Crippen molar-refractivity contribution in [1.29, 1.82) is 0 Å². The monoisotopic (exact) mass is 513 g/mol. The average Bonchev–Trinajstić information content (AvgIpc) is 2.92. The Morgan fingerprint density at radius 3 is 2.42 bits per heavy atom. The Labute approximate surface area is 222 Å². The summed E-state index contributed by atoms with van der Waals surface area (Å²) in [6, 6.07) is 24.6. The van der Waals surface area contributed by atoms with Gasteiger partial charge in [0, 0.05) is 30.6 Å². The maximum absolute atomic E-state index is 12.3. The van der Waals surface area contributed by atoms with Crippen LogP contribution in [0.25, 0.3) is 10.9 Å². The van der Waals surface area contributed by atoms with E-state index in [1.165, 1.54) is 17.7 Å². The van der Waals surface area contributed by atoms with E-state index in [0.717, 1.165) is 30.4 Å². The molecule has 0 fully saturated rings. The van der Waals surface area contributed by atoms with Gasteiger partial charge in [-0.05, 0) is 60.6 Å². The van der Waals surface area contributed by atoms with Crippen LogP contribution in [0.3, 0.4) is 0 Å². The molecule has 0 radical (unpaired) electrons. The molecule has 0 spiro atoms. The summed E-state index contributed by atoms with van der Waals surface area (Å²) >= 11 is 0. The molecule has 1 aromatic heterocycles. The van der Waals surface area contributed by atoms with Crippen molar-refractivity contribution in [3.05, 3.63) is 111 Å². The average molecular weight is 514 g/mol. The molecule has 0 aliphatic rings. The minimum Gasteiger partial charge on any atom is -0.506 e. The van der Waals surface area contributed by atoms with Gasteiger partial charge in [0.15, 0.2) is 0 Å². The molecular weight excluding hydrogens is 478 g/mol. The van der Waals surface area contributed by atoms with Crippen molar-refractivity contribution >= 4 is 16.8 Å². The van der Waals surface area contributed by atoms with Crippen LogP contribution in [0.2, 0.25) is 0 Å². The maximum Gasteiger partial charge on any atom is 0.248 e. The SMILES string of the molecule is C[C@H](Cc1ccc(CC(=O)NCCCc2ccccc2)cc1)NC[C@@H](O)c1ccc(O)c2[nH]c(=O)ccc12. The fraction of sp³-hybridized carbons (Fsp3) is 0.290.